The molecule has 0 aliphatic heterocycles. The van der Waals surface area contributed by atoms with E-state index in [9.17, 15) is 0 Å². The first-order valence-electron chi connectivity index (χ1n) is 7.62. The van der Waals surface area contributed by atoms with Gasteiger partial charge in [0.25, 0.3) is 0 Å². The lowest BCUT2D eigenvalue weighted by Gasteiger charge is -2.34. The molecule has 2 aromatic carbocycles. The first-order valence-corrected chi connectivity index (χ1v) is 12.8. The fraction of sp³-hybridized carbons (Fsp3) is 0.158. The predicted molar refractivity (Wildman–Crippen MR) is 103 cm³/mol. The van der Waals surface area contributed by atoms with Gasteiger partial charge in [-0.05, 0) is 41.2 Å². The maximum Gasteiger partial charge on any atom is 0.241 e. The first kappa shape index (κ1) is 16.7. The molecule has 0 N–H and O–H groups in total. The van der Waals surface area contributed by atoms with Gasteiger partial charge in [-0.3, -0.25) is 0 Å². The van der Waals surface area contributed by atoms with E-state index in [0.29, 0.717) is 0 Å². The Bertz CT molecular complexity index is 596. The van der Waals surface area contributed by atoms with Crippen LogP contribution in [0.2, 0.25) is 19.6 Å². The Labute approximate surface area is 136 Å². The molecule has 114 valence electrons. The highest BCUT2D eigenvalue weighted by molar-refractivity contribution is 7.06. The van der Waals surface area contributed by atoms with Crippen LogP contribution in [0.25, 0.3) is 10.4 Å². The van der Waals surface area contributed by atoms with Crippen LogP contribution >= 0.6 is 0 Å². The molecule has 0 aliphatic rings. The zero-order valence-electron chi connectivity index (χ0n) is 13.7. The lowest BCUT2D eigenvalue weighted by atomic mass is 10.2. The van der Waals surface area contributed by atoms with E-state index in [2.05, 4.69) is 57.1 Å². The minimum Gasteiger partial charge on any atom is -0.452 e. The third-order valence-electron chi connectivity index (χ3n) is 3.87. The highest BCUT2D eigenvalue weighted by atomic mass is 28.4. The SMILES string of the molecule is C=C(c1ccccc1)[Si](C)(O[SiH](C)C)C(=C)c1ccccc1. The van der Waals surface area contributed by atoms with Crippen molar-refractivity contribution in [1.82, 2.24) is 0 Å². The van der Waals surface area contributed by atoms with E-state index in [0.717, 1.165) is 21.5 Å². The minimum absolute atomic E-state index is 1.10. The van der Waals surface area contributed by atoms with Gasteiger partial charge in [-0.1, -0.05) is 73.8 Å². The average Bonchev–Trinajstić information content (AvgIpc) is 2.54. The number of hydrogen-bond acceptors (Lipinski definition) is 1. The standard InChI is InChI=1S/C19H24OSi2/c1-16(18-12-8-6-9-13-18)22(5,20-21(3)4)17(2)19-14-10-7-11-15-19/h6-15,21H,1-2H2,3-5H3. The zero-order chi connectivity index (χ0) is 16.2. The van der Waals surface area contributed by atoms with Crippen molar-refractivity contribution in [2.75, 3.05) is 0 Å². The van der Waals surface area contributed by atoms with E-state index in [1.165, 1.54) is 0 Å². The molecule has 22 heavy (non-hydrogen) atoms. The highest BCUT2D eigenvalue weighted by Crippen LogP contribution is 2.36. The van der Waals surface area contributed by atoms with Crippen LogP contribution in [0.3, 0.4) is 0 Å². The van der Waals surface area contributed by atoms with Gasteiger partial charge in [-0.15, -0.1) is 0 Å². The largest absolute Gasteiger partial charge is 0.452 e. The Morgan fingerprint density at radius 2 is 1.18 bits per heavy atom. The molecular formula is C19H24OSi2. The summed E-state index contributed by atoms with van der Waals surface area (Å²) in [6.45, 7) is 15.4. The molecule has 0 spiro atoms. The van der Waals surface area contributed by atoms with Crippen LogP contribution in [0, 0.1) is 0 Å². The smallest absolute Gasteiger partial charge is 0.241 e. The number of hydrogen-bond donors (Lipinski definition) is 0. The van der Waals surface area contributed by atoms with Crippen LogP contribution in [0.15, 0.2) is 73.8 Å². The molecule has 0 aromatic heterocycles. The van der Waals surface area contributed by atoms with Crippen LogP contribution in [-0.2, 0) is 4.12 Å². The molecule has 3 heteroatoms. The van der Waals surface area contributed by atoms with Crippen LogP contribution < -0.4 is 0 Å². The van der Waals surface area contributed by atoms with E-state index < -0.39 is 17.4 Å². The molecular weight excluding hydrogens is 300 g/mol. The van der Waals surface area contributed by atoms with E-state index in [1.54, 1.807) is 0 Å². The van der Waals surface area contributed by atoms with Crippen molar-refractivity contribution >= 4 is 27.8 Å². The second-order valence-corrected chi connectivity index (χ2v) is 12.2. The molecule has 0 unspecified atom stereocenters. The van der Waals surface area contributed by atoms with Gasteiger partial charge in [0, 0.05) is 0 Å². The molecule has 0 fully saturated rings. The van der Waals surface area contributed by atoms with Gasteiger partial charge in [0.15, 0.2) is 9.04 Å². The molecule has 0 amide bonds. The Kier molecular flexibility index (Phi) is 5.34. The molecule has 0 radical (unpaired) electrons. The maximum atomic E-state index is 6.55. The van der Waals surface area contributed by atoms with Crippen molar-refractivity contribution in [2.24, 2.45) is 0 Å². The lowest BCUT2D eigenvalue weighted by molar-refractivity contribution is 0.600. The third-order valence-corrected chi connectivity index (χ3v) is 10.5. The van der Waals surface area contributed by atoms with E-state index in [-0.39, 0.29) is 0 Å². The van der Waals surface area contributed by atoms with E-state index >= 15 is 0 Å². The summed E-state index contributed by atoms with van der Waals surface area (Å²) in [5.74, 6) is 0. The van der Waals surface area contributed by atoms with Crippen LogP contribution in [0.1, 0.15) is 11.1 Å². The summed E-state index contributed by atoms with van der Waals surface area (Å²) in [7, 11) is -3.54. The topological polar surface area (TPSA) is 9.23 Å². The summed E-state index contributed by atoms with van der Waals surface area (Å²) >= 11 is 0. The summed E-state index contributed by atoms with van der Waals surface area (Å²) in [6.07, 6.45) is 0. The van der Waals surface area contributed by atoms with Crippen molar-refractivity contribution in [2.45, 2.75) is 19.6 Å². The van der Waals surface area contributed by atoms with Gasteiger partial charge in [0.1, 0.15) is 0 Å². The summed E-state index contributed by atoms with van der Waals surface area (Å²) < 4.78 is 6.55. The van der Waals surface area contributed by atoms with Gasteiger partial charge < -0.3 is 4.12 Å². The second kappa shape index (κ2) is 7.05. The first-order chi connectivity index (χ1) is 10.4. The van der Waals surface area contributed by atoms with Gasteiger partial charge in [0.2, 0.25) is 8.32 Å². The molecule has 2 rings (SSSR count). The fourth-order valence-corrected chi connectivity index (χ4v) is 9.33. The quantitative estimate of drug-likeness (QED) is 0.674. The number of rotatable bonds is 6. The Balaban J connectivity index is 2.44. The Morgan fingerprint density at radius 3 is 1.50 bits per heavy atom. The Morgan fingerprint density at radius 1 is 0.818 bits per heavy atom. The molecule has 0 atom stereocenters. The molecule has 0 heterocycles. The lowest BCUT2D eigenvalue weighted by Crippen LogP contribution is -2.41. The normalized spacial score (nSPS) is 11.5. The van der Waals surface area contributed by atoms with Gasteiger partial charge in [-0.25, -0.2) is 0 Å². The van der Waals surface area contributed by atoms with E-state index in [1.807, 2.05) is 36.4 Å². The zero-order valence-corrected chi connectivity index (χ0v) is 15.8. The summed E-state index contributed by atoms with van der Waals surface area (Å²) in [4.78, 5) is 0. The molecule has 1 nitrogen and oxygen atoms in total. The predicted octanol–water partition coefficient (Wildman–Crippen LogP) is 5.07. The summed E-state index contributed by atoms with van der Waals surface area (Å²) in [5, 5.41) is 2.20. The number of benzene rings is 2. The second-order valence-electron chi connectivity index (χ2n) is 5.89. The fourth-order valence-electron chi connectivity index (χ4n) is 2.63. The summed E-state index contributed by atoms with van der Waals surface area (Å²) in [5.41, 5.74) is 2.31. The van der Waals surface area contributed by atoms with Crippen molar-refractivity contribution < 1.29 is 4.12 Å². The molecule has 2 aromatic rings. The van der Waals surface area contributed by atoms with Crippen molar-refractivity contribution in [1.29, 1.82) is 0 Å². The van der Waals surface area contributed by atoms with Crippen LogP contribution in [0.5, 0.6) is 0 Å². The average molecular weight is 325 g/mol. The van der Waals surface area contributed by atoms with Gasteiger partial charge in [0.05, 0.1) is 0 Å². The van der Waals surface area contributed by atoms with Gasteiger partial charge >= 0.3 is 0 Å². The van der Waals surface area contributed by atoms with Crippen molar-refractivity contribution in [3.63, 3.8) is 0 Å². The monoisotopic (exact) mass is 324 g/mol. The van der Waals surface area contributed by atoms with E-state index in [4.69, 9.17) is 4.12 Å². The molecule has 0 bridgehead atoms. The Hall–Kier alpha value is -1.69. The molecule has 0 saturated carbocycles. The van der Waals surface area contributed by atoms with Gasteiger partial charge in [-0.2, -0.15) is 0 Å². The third kappa shape index (κ3) is 3.55. The van der Waals surface area contributed by atoms with Crippen molar-refractivity contribution in [3.8, 4) is 0 Å². The minimum atomic E-state index is -2.33. The van der Waals surface area contributed by atoms with Crippen LogP contribution in [0.4, 0.5) is 0 Å². The molecule has 0 aliphatic carbocycles. The molecule has 0 saturated heterocycles. The highest BCUT2D eigenvalue weighted by Gasteiger charge is 2.38. The van der Waals surface area contributed by atoms with Crippen LogP contribution in [-0.4, -0.2) is 17.4 Å². The maximum absolute atomic E-state index is 6.55. The summed E-state index contributed by atoms with van der Waals surface area (Å²) in [6, 6.07) is 20.7. The van der Waals surface area contributed by atoms with Crippen molar-refractivity contribution in [3.05, 3.63) is 84.9 Å².